The van der Waals surface area contributed by atoms with Crippen LogP contribution in [0.25, 0.3) is 0 Å². The topological polar surface area (TPSA) is 71.7 Å². The largest absolute Gasteiger partial charge is 0.497 e. The third kappa shape index (κ3) is 4.24. The molecule has 6 nitrogen and oxygen atoms in total. The molecule has 1 aromatic carbocycles. The number of hydrogen-bond acceptors (Lipinski definition) is 6. The van der Waals surface area contributed by atoms with Crippen LogP contribution < -0.4 is 10.5 Å². The quantitative estimate of drug-likeness (QED) is 0.896. The molecule has 0 aliphatic carbocycles. The first-order valence-electron chi connectivity index (χ1n) is 7.97. The van der Waals surface area contributed by atoms with E-state index in [-0.39, 0.29) is 5.91 Å². The van der Waals surface area contributed by atoms with Crippen molar-refractivity contribution in [1.82, 2.24) is 14.8 Å². The summed E-state index contributed by atoms with van der Waals surface area (Å²) in [5.74, 6) is 0.997. The highest BCUT2D eigenvalue weighted by atomic mass is 32.1. The van der Waals surface area contributed by atoms with Gasteiger partial charge < -0.3 is 15.4 Å². The lowest BCUT2D eigenvalue weighted by Crippen LogP contribution is -2.36. The Balaban J connectivity index is 1.59. The van der Waals surface area contributed by atoms with Crippen LogP contribution in [0.15, 0.2) is 30.5 Å². The van der Waals surface area contributed by atoms with Gasteiger partial charge in [-0.15, -0.1) is 11.3 Å². The normalized spacial score (nSPS) is 16.2. The number of benzene rings is 1. The number of rotatable bonds is 5. The van der Waals surface area contributed by atoms with E-state index in [0.717, 1.165) is 42.2 Å². The number of thiazole rings is 1. The number of nitrogens with zero attached hydrogens (tertiary/aromatic N) is 3. The van der Waals surface area contributed by atoms with Gasteiger partial charge in [0.1, 0.15) is 5.75 Å². The van der Waals surface area contributed by atoms with E-state index < -0.39 is 0 Å². The van der Waals surface area contributed by atoms with Gasteiger partial charge in [0, 0.05) is 37.3 Å². The molecule has 1 aliphatic rings. The van der Waals surface area contributed by atoms with Gasteiger partial charge in [0.05, 0.1) is 13.7 Å². The summed E-state index contributed by atoms with van der Waals surface area (Å²) in [6.45, 7) is 3.50. The molecule has 0 saturated carbocycles. The molecule has 24 heavy (non-hydrogen) atoms. The molecule has 1 aromatic heterocycles. The number of hydrogen-bond donors (Lipinski definition) is 1. The molecule has 0 unspecified atom stereocenters. The van der Waals surface area contributed by atoms with Gasteiger partial charge in [-0.25, -0.2) is 4.98 Å². The molecule has 1 saturated heterocycles. The maximum Gasteiger partial charge on any atom is 0.237 e. The van der Waals surface area contributed by atoms with Gasteiger partial charge in [-0.1, -0.05) is 12.1 Å². The minimum Gasteiger partial charge on any atom is -0.497 e. The molecule has 7 heteroatoms. The van der Waals surface area contributed by atoms with E-state index >= 15 is 0 Å². The van der Waals surface area contributed by atoms with Gasteiger partial charge in [-0.3, -0.25) is 9.69 Å². The van der Waals surface area contributed by atoms with E-state index in [4.69, 9.17) is 10.5 Å². The van der Waals surface area contributed by atoms with Crippen molar-refractivity contribution in [1.29, 1.82) is 0 Å². The Morgan fingerprint density at radius 2 is 2.04 bits per heavy atom. The molecule has 1 aliphatic heterocycles. The molecule has 1 fully saturated rings. The Hall–Kier alpha value is -2.12. The molecule has 128 valence electrons. The maximum atomic E-state index is 12.6. The molecule has 3 rings (SSSR count). The average molecular weight is 346 g/mol. The number of carbonyl (C=O) groups is 1. The van der Waals surface area contributed by atoms with Crippen molar-refractivity contribution in [2.45, 2.75) is 19.5 Å². The summed E-state index contributed by atoms with van der Waals surface area (Å²) < 4.78 is 5.17. The van der Waals surface area contributed by atoms with Crippen LogP contribution in [-0.2, 0) is 17.9 Å². The molecule has 0 spiro atoms. The third-order valence-electron chi connectivity index (χ3n) is 4.10. The van der Waals surface area contributed by atoms with E-state index in [1.54, 1.807) is 13.3 Å². The fourth-order valence-electron chi connectivity index (χ4n) is 2.85. The van der Waals surface area contributed by atoms with Crippen LogP contribution in [0.4, 0.5) is 5.13 Å². The van der Waals surface area contributed by atoms with Crippen molar-refractivity contribution in [3.05, 3.63) is 40.9 Å². The van der Waals surface area contributed by atoms with E-state index in [1.165, 1.54) is 11.3 Å². The third-order valence-corrected chi connectivity index (χ3v) is 4.91. The number of aromatic nitrogens is 1. The average Bonchev–Trinajstić information content (AvgIpc) is 2.90. The van der Waals surface area contributed by atoms with Crippen molar-refractivity contribution in [3.63, 3.8) is 0 Å². The predicted octanol–water partition coefficient (Wildman–Crippen LogP) is 1.97. The Kier molecular flexibility index (Phi) is 5.32. The predicted molar refractivity (Wildman–Crippen MR) is 94.8 cm³/mol. The summed E-state index contributed by atoms with van der Waals surface area (Å²) in [7, 11) is 1.65. The Bertz CT molecular complexity index is 686. The lowest BCUT2D eigenvalue weighted by molar-refractivity contribution is -0.131. The van der Waals surface area contributed by atoms with E-state index in [9.17, 15) is 4.79 Å². The Labute approximate surface area is 145 Å². The van der Waals surface area contributed by atoms with Gasteiger partial charge in [-0.2, -0.15) is 0 Å². The highest BCUT2D eigenvalue weighted by Gasteiger charge is 2.22. The van der Waals surface area contributed by atoms with Gasteiger partial charge in [0.25, 0.3) is 0 Å². The summed E-state index contributed by atoms with van der Waals surface area (Å²) in [5.41, 5.74) is 6.79. The summed E-state index contributed by atoms with van der Waals surface area (Å²) in [6.07, 6.45) is 2.76. The lowest BCUT2D eigenvalue weighted by Gasteiger charge is -2.21. The van der Waals surface area contributed by atoms with Crippen LogP contribution in [0.5, 0.6) is 5.75 Å². The molecule has 1 amide bonds. The summed E-state index contributed by atoms with van der Waals surface area (Å²) in [6, 6.07) is 7.87. The van der Waals surface area contributed by atoms with E-state index in [2.05, 4.69) is 9.88 Å². The van der Waals surface area contributed by atoms with Gasteiger partial charge in [0.2, 0.25) is 5.91 Å². The fourth-order valence-corrected chi connectivity index (χ4v) is 3.58. The number of methoxy groups -OCH3 is 1. The fraction of sp³-hybridized carbons (Fsp3) is 0.412. The molecule has 0 bridgehead atoms. The van der Waals surface area contributed by atoms with Crippen LogP contribution in [0.3, 0.4) is 0 Å². The number of nitrogens with two attached hydrogens (primary N) is 1. The summed E-state index contributed by atoms with van der Waals surface area (Å²) in [5, 5.41) is 0.576. The smallest absolute Gasteiger partial charge is 0.237 e. The first-order valence-corrected chi connectivity index (χ1v) is 8.79. The minimum absolute atomic E-state index is 0.167. The Morgan fingerprint density at radius 1 is 1.25 bits per heavy atom. The number of carbonyl (C=O) groups excluding carboxylic acids is 1. The maximum absolute atomic E-state index is 12.6. The summed E-state index contributed by atoms with van der Waals surface area (Å²) in [4.78, 5) is 21.8. The van der Waals surface area contributed by atoms with Gasteiger partial charge >= 0.3 is 0 Å². The van der Waals surface area contributed by atoms with Crippen LogP contribution in [0.1, 0.15) is 16.9 Å². The van der Waals surface area contributed by atoms with Crippen LogP contribution >= 0.6 is 11.3 Å². The summed E-state index contributed by atoms with van der Waals surface area (Å²) >= 11 is 1.48. The van der Waals surface area contributed by atoms with Crippen LogP contribution in [0, 0.1) is 0 Å². The monoisotopic (exact) mass is 346 g/mol. The van der Waals surface area contributed by atoms with Crippen LogP contribution in [-0.4, -0.2) is 47.4 Å². The standard InChI is InChI=1S/C17H22N4O2S/c1-23-14-5-3-13(4-6-14)10-21-8-2-7-20(12-16(21)22)11-15-9-19-17(18)24-15/h3-6,9H,2,7-8,10-12H2,1H3,(H2,18,19). The highest BCUT2D eigenvalue weighted by molar-refractivity contribution is 7.15. The molecular weight excluding hydrogens is 324 g/mol. The zero-order valence-electron chi connectivity index (χ0n) is 13.8. The highest BCUT2D eigenvalue weighted by Crippen LogP contribution is 2.19. The lowest BCUT2D eigenvalue weighted by atomic mass is 10.2. The molecule has 0 atom stereocenters. The second kappa shape index (κ2) is 7.63. The zero-order chi connectivity index (χ0) is 16.9. The Morgan fingerprint density at radius 3 is 2.71 bits per heavy atom. The van der Waals surface area contributed by atoms with E-state index in [1.807, 2.05) is 29.2 Å². The van der Waals surface area contributed by atoms with Crippen molar-refractivity contribution in [3.8, 4) is 5.75 Å². The van der Waals surface area contributed by atoms with Gasteiger partial charge in [0.15, 0.2) is 5.13 Å². The second-order valence-electron chi connectivity index (χ2n) is 5.89. The number of nitrogen functional groups attached to an aromatic ring is 1. The number of ether oxygens (including phenoxy) is 1. The second-order valence-corrected chi connectivity index (χ2v) is 7.04. The zero-order valence-corrected chi connectivity index (χ0v) is 14.6. The number of anilines is 1. The molecule has 0 radical (unpaired) electrons. The molecule has 2 heterocycles. The first kappa shape index (κ1) is 16.7. The van der Waals surface area contributed by atoms with E-state index in [0.29, 0.717) is 18.2 Å². The SMILES string of the molecule is COc1ccc(CN2CCCN(Cc3cnc(N)s3)CC2=O)cc1. The van der Waals surface area contributed by atoms with Gasteiger partial charge in [-0.05, 0) is 24.1 Å². The van der Waals surface area contributed by atoms with Crippen molar-refractivity contribution in [2.24, 2.45) is 0 Å². The van der Waals surface area contributed by atoms with Crippen molar-refractivity contribution >= 4 is 22.4 Å². The molecule has 2 N–H and O–H groups in total. The van der Waals surface area contributed by atoms with Crippen molar-refractivity contribution in [2.75, 3.05) is 32.5 Å². The molecular formula is C17H22N4O2S. The van der Waals surface area contributed by atoms with Crippen LogP contribution in [0.2, 0.25) is 0 Å². The minimum atomic E-state index is 0.167. The first-order chi connectivity index (χ1) is 11.6. The number of amides is 1. The van der Waals surface area contributed by atoms with Crippen molar-refractivity contribution < 1.29 is 9.53 Å². The molecule has 2 aromatic rings.